The Morgan fingerprint density at radius 3 is 2.95 bits per heavy atom. The fourth-order valence-corrected chi connectivity index (χ4v) is 4.09. The molecule has 0 aliphatic rings. The first-order valence-electron chi connectivity index (χ1n) is 6.11. The quantitative estimate of drug-likeness (QED) is 0.633. The normalized spacial score (nSPS) is 11.3. The second-order valence-corrected chi connectivity index (χ2v) is 6.63. The fourth-order valence-electron chi connectivity index (χ4n) is 2.13. The Labute approximate surface area is 128 Å². The first-order valence-corrected chi connectivity index (χ1v) is 8.99. The van der Waals surface area contributed by atoms with Crippen molar-refractivity contribution in [1.82, 2.24) is 9.38 Å². The number of halogens is 1. The number of alkyl halides is 1. The van der Waals surface area contributed by atoms with Gasteiger partial charge in [0.15, 0.2) is 10.8 Å². The van der Waals surface area contributed by atoms with Crippen molar-refractivity contribution in [1.29, 1.82) is 0 Å². The summed E-state index contributed by atoms with van der Waals surface area (Å²) in [5.74, 6) is 1.10. The van der Waals surface area contributed by atoms with Crippen molar-refractivity contribution in [3.8, 4) is 0 Å². The molecule has 3 rings (SSSR count). The lowest BCUT2D eigenvalue weighted by molar-refractivity contribution is 0.822. The van der Waals surface area contributed by atoms with E-state index >= 15 is 0 Å². The SMILES string of the molecule is CCN(Cc1cccs1)c1nc2sccn2c1CBr. The first kappa shape index (κ1) is 13.1. The summed E-state index contributed by atoms with van der Waals surface area (Å²) in [6.07, 6.45) is 2.09. The Bertz CT molecular complexity index is 657. The minimum atomic E-state index is 0.821. The van der Waals surface area contributed by atoms with E-state index in [-0.39, 0.29) is 0 Å². The molecule has 0 N–H and O–H groups in total. The van der Waals surface area contributed by atoms with Gasteiger partial charge in [0.2, 0.25) is 0 Å². The summed E-state index contributed by atoms with van der Waals surface area (Å²) < 4.78 is 2.17. The summed E-state index contributed by atoms with van der Waals surface area (Å²) >= 11 is 7.07. The van der Waals surface area contributed by atoms with Crippen LogP contribution in [0.25, 0.3) is 4.96 Å². The van der Waals surface area contributed by atoms with Crippen molar-refractivity contribution in [3.63, 3.8) is 0 Å². The molecule has 0 atom stereocenters. The van der Waals surface area contributed by atoms with Crippen LogP contribution in [-0.4, -0.2) is 15.9 Å². The molecule has 0 bridgehead atoms. The highest BCUT2D eigenvalue weighted by atomic mass is 79.9. The van der Waals surface area contributed by atoms with Gasteiger partial charge in [0.25, 0.3) is 0 Å². The molecule has 0 amide bonds. The second-order valence-electron chi connectivity index (χ2n) is 4.16. The zero-order valence-corrected chi connectivity index (χ0v) is 13.8. The number of fused-ring (bicyclic) bond motifs is 1. The van der Waals surface area contributed by atoms with Crippen LogP contribution in [0.1, 0.15) is 17.5 Å². The molecule has 6 heteroatoms. The monoisotopic (exact) mass is 355 g/mol. The van der Waals surface area contributed by atoms with Crippen LogP contribution in [0.15, 0.2) is 29.1 Å². The lowest BCUT2D eigenvalue weighted by atomic mass is 10.3. The summed E-state index contributed by atoms with van der Waals surface area (Å²) in [4.78, 5) is 9.55. The zero-order chi connectivity index (χ0) is 13.2. The molecule has 3 aromatic heterocycles. The second kappa shape index (κ2) is 5.64. The minimum absolute atomic E-state index is 0.821. The van der Waals surface area contributed by atoms with Gasteiger partial charge in [-0.1, -0.05) is 22.0 Å². The van der Waals surface area contributed by atoms with Crippen molar-refractivity contribution in [2.45, 2.75) is 18.8 Å². The highest BCUT2D eigenvalue weighted by Crippen LogP contribution is 2.28. The number of hydrogen-bond donors (Lipinski definition) is 0. The van der Waals surface area contributed by atoms with E-state index in [9.17, 15) is 0 Å². The van der Waals surface area contributed by atoms with E-state index in [2.05, 4.69) is 61.2 Å². The molecule has 0 unspecified atom stereocenters. The summed E-state index contributed by atoms with van der Waals surface area (Å²) in [6.45, 7) is 4.07. The van der Waals surface area contributed by atoms with Gasteiger partial charge in [-0.2, -0.15) is 0 Å². The smallest absolute Gasteiger partial charge is 0.195 e. The number of aromatic nitrogens is 2. The van der Waals surface area contributed by atoms with Crippen molar-refractivity contribution in [3.05, 3.63) is 39.7 Å². The van der Waals surface area contributed by atoms with Crippen LogP contribution in [0.4, 0.5) is 5.82 Å². The molecule has 0 aromatic carbocycles. The first-order chi connectivity index (χ1) is 9.33. The molecule has 3 heterocycles. The van der Waals surface area contributed by atoms with Crippen LogP contribution >= 0.6 is 38.6 Å². The number of hydrogen-bond acceptors (Lipinski definition) is 4. The van der Waals surface area contributed by atoms with Crippen LogP contribution < -0.4 is 4.90 Å². The van der Waals surface area contributed by atoms with Crippen LogP contribution in [-0.2, 0) is 11.9 Å². The summed E-state index contributed by atoms with van der Waals surface area (Å²) in [6, 6.07) is 4.28. The molecule has 0 aliphatic carbocycles. The third-order valence-electron chi connectivity index (χ3n) is 3.07. The van der Waals surface area contributed by atoms with E-state index in [4.69, 9.17) is 4.98 Å². The van der Waals surface area contributed by atoms with E-state index < -0.39 is 0 Å². The van der Waals surface area contributed by atoms with Gasteiger partial charge in [0, 0.05) is 28.3 Å². The molecule has 100 valence electrons. The van der Waals surface area contributed by atoms with E-state index in [0.717, 1.165) is 29.2 Å². The average molecular weight is 356 g/mol. The third-order valence-corrected chi connectivity index (χ3v) is 5.22. The molecule has 0 spiro atoms. The number of nitrogens with zero attached hydrogens (tertiary/aromatic N) is 3. The Morgan fingerprint density at radius 2 is 2.26 bits per heavy atom. The van der Waals surface area contributed by atoms with E-state index in [1.54, 1.807) is 22.7 Å². The molecule has 0 radical (unpaired) electrons. The minimum Gasteiger partial charge on any atom is -0.350 e. The Balaban J connectivity index is 1.98. The third kappa shape index (κ3) is 2.44. The topological polar surface area (TPSA) is 20.5 Å². The molecule has 3 nitrogen and oxygen atoms in total. The van der Waals surface area contributed by atoms with E-state index in [1.165, 1.54) is 10.6 Å². The predicted molar refractivity (Wildman–Crippen MR) is 86.7 cm³/mol. The maximum atomic E-state index is 4.78. The molecule has 0 saturated heterocycles. The zero-order valence-electron chi connectivity index (χ0n) is 10.5. The average Bonchev–Trinajstić information content (AvgIpc) is 3.11. The van der Waals surface area contributed by atoms with Crippen LogP contribution in [0.5, 0.6) is 0 Å². The molecule has 0 fully saturated rings. The van der Waals surface area contributed by atoms with Gasteiger partial charge in [-0.15, -0.1) is 22.7 Å². The van der Waals surface area contributed by atoms with Crippen molar-refractivity contribution >= 4 is 49.4 Å². The molecule has 0 aliphatic heterocycles. The molecular formula is C13H14BrN3S2. The number of imidazole rings is 1. The summed E-state index contributed by atoms with van der Waals surface area (Å²) in [7, 11) is 0. The maximum Gasteiger partial charge on any atom is 0.195 e. The van der Waals surface area contributed by atoms with Gasteiger partial charge in [-0.3, -0.25) is 4.40 Å². The Kier molecular flexibility index (Phi) is 3.91. The van der Waals surface area contributed by atoms with Gasteiger partial charge in [-0.25, -0.2) is 4.98 Å². The standard InChI is InChI=1S/C13H14BrN3S2/c1-2-16(9-10-4-3-6-18-10)12-11(8-14)17-5-7-19-13(17)15-12/h3-7H,2,8-9H2,1H3. The maximum absolute atomic E-state index is 4.78. The van der Waals surface area contributed by atoms with Crippen molar-refractivity contribution in [2.24, 2.45) is 0 Å². The fraction of sp³-hybridized carbons (Fsp3) is 0.308. The van der Waals surface area contributed by atoms with Gasteiger partial charge in [-0.05, 0) is 18.4 Å². The summed E-state index contributed by atoms with van der Waals surface area (Å²) in [5.41, 5.74) is 1.23. The number of rotatable bonds is 5. The lowest BCUT2D eigenvalue weighted by Gasteiger charge is -2.20. The summed E-state index contributed by atoms with van der Waals surface area (Å²) in [5, 5.41) is 5.02. The van der Waals surface area contributed by atoms with Crippen molar-refractivity contribution < 1.29 is 0 Å². The molecule has 0 saturated carbocycles. The molecular weight excluding hydrogens is 342 g/mol. The van der Waals surface area contributed by atoms with E-state index in [1.807, 2.05) is 0 Å². The Hall–Kier alpha value is -0.850. The predicted octanol–water partition coefficient (Wildman–Crippen LogP) is 4.38. The van der Waals surface area contributed by atoms with E-state index in [0.29, 0.717) is 0 Å². The van der Waals surface area contributed by atoms with Gasteiger partial charge in [0.05, 0.1) is 12.2 Å². The van der Waals surface area contributed by atoms with Crippen LogP contribution in [0.3, 0.4) is 0 Å². The van der Waals surface area contributed by atoms with Gasteiger partial charge in [0.1, 0.15) is 0 Å². The number of anilines is 1. The lowest BCUT2D eigenvalue weighted by Crippen LogP contribution is -2.23. The highest BCUT2D eigenvalue weighted by Gasteiger charge is 2.17. The Morgan fingerprint density at radius 1 is 1.37 bits per heavy atom. The highest BCUT2D eigenvalue weighted by molar-refractivity contribution is 9.08. The van der Waals surface area contributed by atoms with Crippen molar-refractivity contribution in [2.75, 3.05) is 11.4 Å². The number of thiazole rings is 1. The van der Waals surface area contributed by atoms with Crippen LogP contribution in [0.2, 0.25) is 0 Å². The molecule has 19 heavy (non-hydrogen) atoms. The molecule has 3 aromatic rings. The number of thiophene rings is 1. The van der Waals surface area contributed by atoms with Gasteiger partial charge >= 0.3 is 0 Å². The van der Waals surface area contributed by atoms with Crippen LogP contribution in [0, 0.1) is 0 Å². The van der Waals surface area contributed by atoms with Gasteiger partial charge < -0.3 is 4.90 Å². The largest absolute Gasteiger partial charge is 0.350 e.